The van der Waals surface area contributed by atoms with Crippen LogP contribution in [-0.4, -0.2) is 33.6 Å². The van der Waals surface area contributed by atoms with Gasteiger partial charge in [0.15, 0.2) is 0 Å². The molecule has 0 radical (unpaired) electrons. The smallest absolute Gasteiger partial charge is 0.282 e. The molecule has 8 heteroatoms. The van der Waals surface area contributed by atoms with Gasteiger partial charge in [-0.05, 0) is 36.6 Å². The van der Waals surface area contributed by atoms with Crippen molar-refractivity contribution in [3.05, 3.63) is 105 Å². The molecule has 3 amide bonds. The standard InChI is InChI=1S/C25H21N3O5/c1-15-8-6-9-16(2)22(15)26-23(29)20(14-17-10-4-3-5-11-17)27-24(30)18-12-7-13-19(28(32)33)21(18)25(27)31/h3-13,20H,14H2,1-2H3,(H,26,29). The predicted molar refractivity (Wildman–Crippen MR) is 122 cm³/mol. The third-order valence-corrected chi connectivity index (χ3v) is 5.74. The summed E-state index contributed by atoms with van der Waals surface area (Å²) in [6.07, 6.45) is 0.0663. The van der Waals surface area contributed by atoms with Crippen LogP contribution in [0.5, 0.6) is 0 Å². The van der Waals surface area contributed by atoms with Crippen LogP contribution in [0.1, 0.15) is 37.4 Å². The van der Waals surface area contributed by atoms with Crippen LogP contribution in [0.25, 0.3) is 0 Å². The van der Waals surface area contributed by atoms with E-state index >= 15 is 0 Å². The van der Waals surface area contributed by atoms with Crippen LogP contribution in [0.4, 0.5) is 11.4 Å². The third kappa shape index (κ3) is 3.98. The van der Waals surface area contributed by atoms with E-state index in [0.29, 0.717) is 5.69 Å². The number of hydrogen-bond donors (Lipinski definition) is 1. The summed E-state index contributed by atoms with van der Waals surface area (Å²) in [5.41, 5.74) is 2.19. The molecule has 1 heterocycles. The van der Waals surface area contributed by atoms with Gasteiger partial charge in [0.05, 0.1) is 10.5 Å². The van der Waals surface area contributed by atoms with E-state index in [4.69, 9.17) is 0 Å². The first-order valence-corrected chi connectivity index (χ1v) is 10.4. The SMILES string of the molecule is Cc1cccc(C)c1NC(=O)C(Cc1ccccc1)N1C(=O)c2cccc([N+](=O)[O-])c2C1=O. The molecule has 0 spiro atoms. The molecule has 1 aliphatic rings. The third-order valence-electron chi connectivity index (χ3n) is 5.74. The molecule has 1 atom stereocenters. The molecule has 0 saturated heterocycles. The zero-order valence-corrected chi connectivity index (χ0v) is 18.1. The largest absolute Gasteiger partial charge is 0.324 e. The Bertz CT molecular complexity index is 1270. The highest BCUT2D eigenvalue weighted by Gasteiger charge is 2.46. The number of nitrogens with one attached hydrogen (secondary N) is 1. The molecule has 3 aromatic carbocycles. The van der Waals surface area contributed by atoms with E-state index in [0.717, 1.165) is 21.6 Å². The van der Waals surface area contributed by atoms with Crippen LogP contribution in [0.15, 0.2) is 66.7 Å². The number of amides is 3. The highest BCUT2D eigenvalue weighted by Crippen LogP contribution is 2.33. The highest BCUT2D eigenvalue weighted by molar-refractivity contribution is 6.25. The lowest BCUT2D eigenvalue weighted by Crippen LogP contribution is -2.48. The van der Waals surface area contributed by atoms with Crippen LogP contribution in [-0.2, 0) is 11.2 Å². The average Bonchev–Trinajstić information content (AvgIpc) is 3.05. The maximum absolute atomic E-state index is 13.5. The number of rotatable bonds is 6. The van der Waals surface area contributed by atoms with Crippen LogP contribution < -0.4 is 5.32 Å². The molecule has 33 heavy (non-hydrogen) atoms. The average molecular weight is 443 g/mol. The Morgan fingerprint density at radius 3 is 2.21 bits per heavy atom. The number of benzene rings is 3. The Morgan fingerprint density at radius 1 is 0.939 bits per heavy atom. The van der Waals surface area contributed by atoms with Gasteiger partial charge in [-0.1, -0.05) is 54.6 Å². The first kappa shape index (κ1) is 21.9. The van der Waals surface area contributed by atoms with E-state index in [1.54, 1.807) is 24.3 Å². The van der Waals surface area contributed by atoms with Gasteiger partial charge in [-0.15, -0.1) is 0 Å². The molecule has 0 saturated carbocycles. The van der Waals surface area contributed by atoms with E-state index in [1.807, 2.05) is 38.1 Å². The molecule has 0 fully saturated rings. The second-order valence-corrected chi connectivity index (χ2v) is 7.90. The molecule has 3 aromatic rings. The van der Waals surface area contributed by atoms with Crippen LogP contribution in [0, 0.1) is 24.0 Å². The molecule has 0 bridgehead atoms. The van der Waals surface area contributed by atoms with E-state index in [2.05, 4.69) is 5.32 Å². The molecule has 0 aliphatic carbocycles. The van der Waals surface area contributed by atoms with Crippen molar-refractivity contribution in [1.29, 1.82) is 0 Å². The van der Waals surface area contributed by atoms with Crippen molar-refractivity contribution in [2.24, 2.45) is 0 Å². The number of nitro groups is 1. The minimum atomic E-state index is -1.20. The molecular weight excluding hydrogens is 422 g/mol. The fourth-order valence-electron chi connectivity index (χ4n) is 4.08. The number of hydrogen-bond acceptors (Lipinski definition) is 5. The zero-order valence-electron chi connectivity index (χ0n) is 18.1. The van der Waals surface area contributed by atoms with Gasteiger partial charge in [0, 0.05) is 18.2 Å². The number of nitro benzene ring substituents is 1. The van der Waals surface area contributed by atoms with Crippen molar-refractivity contribution >= 4 is 29.1 Å². The second-order valence-electron chi connectivity index (χ2n) is 7.90. The van der Waals surface area contributed by atoms with Crippen molar-refractivity contribution < 1.29 is 19.3 Å². The lowest BCUT2D eigenvalue weighted by atomic mass is 10.0. The number of carbonyl (C=O) groups is 3. The molecule has 1 aliphatic heterocycles. The number of carbonyl (C=O) groups excluding carboxylic acids is 3. The normalized spacial score (nSPS) is 13.6. The summed E-state index contributed by atoms with van der Waals surface area (Å²) < 4.78 is 0. The minimum Gasteiger partial charge on any atom is -0.324 e. The van der Waals surface area contributed by atoms with E-state index in [9.17, 15) is 24.5 Å². The number of anilines is 1. The summed E-state index contributed by atoms with van der Waals surface area (Å²) in [6, 6.07) is 17.3. The summed E-state index contributed by atoms with van der Waals surface area (Å²) in [7, 11) is 0. The predicted octanol–water partition coefficient (Wildman–Crippen LogP) is 4.06. The van der Waals surface area contributed by atoms with Crippen LogP contribution in [0.2, 0.25) is 0 Å². The van der Waals surface area contributed by atoms with Crippen molar-refractivity contribution in [3.63, 3.8) is 0 Å². The molecular formula is C25H21N3O5. The second kappa shape index (κ2) is 8.66. The Hall–Kier alpha value is -4.33. The first-order chi connectivity index (χ1) is 15.8. The van der Waals surface area contributed by atoms with Gasteiger partial charge >= 0.3 is 0 Å². The summed E-state index contributed by atoms with van der Waals surface area (Å²) in [4.78, 5) is 51.6. The fourth-order valence-corrected chi connectivity index (χ4v) is 4.08. The zero-order chi connectivity index (χ0) is 23.7. The van der Waals surface area contributed by atoms with Gasteiger partial charge in [0.2, 0.25) is 5.91 Å². The summed E-state index contributed by atoms with van der Waals surface area (Å²) in [5, 5.41) is 14.3. The van der Waals surface area contributed by atoms with E-state index < -0.39 is 34.4 Å². The molecule has 8 nitrogen and oxygen atoms in total. The lowest BCUT2D eigenvalue weighted by molar-refractivity contribution is -0.385. The minimum absolute atomic E-state index is 0.0663. The maximum atomic E-state index is 13.5. The van der Waals surface area contributed by atoms with Gasteiger partial charge < -0.3 is 5.32 Å². The number of fused-ring (bicyclic) bond motifs is 1. The van der Waals surface area contributed by atoms with Gasteiger partial charge in [-0.2, -0.15) is 0 Å². The number of aryl methyl sites for hydroxylation is 2. The Morgan fingerprint density at radius 2 is 1.58 bits per heavy atom. The van der Waals surface area contributed by atoms with Crippen LogP contribution >= 0.6 is 0 Å². The Balaban J connectivity index is 1.76. The van der Waals surface area contributed by atoms with Gasteiger partial charge in [-0.3, -0.25) is 29.4 Å². The van der Waals surface area contributed by atoms with Gasteiger partial charge in [0.25, 0.3) is 17.5 Å². The lowest BCUT2D eigenvalue weighted by Gasteiger charge is -2.26. The van der Waals surface area contributed by atoms with Crippen molar-refractivity contribution in [2.75, 3.05) is 5.32 Å². The topological polar surface area (TPSA) is 110 Å². The Kier molecular flexibility index (Phi) is 5.74. The van der Waals surface area contributed by atoms with Gasteiger partial charge in [-0.25, -0.2) is 0 Å². The number of nitrogens with zero attached hydrogens (tertiary/aromatic N) is 2. The number of imide groups is 1. The number of para-hydroxylation sites is 1. The van der Waals surface area contributed by atoms with Crippen molar-refractivity contribution in [1.82, 2.24) is 4.90 Å². The summed E-state index contributed by atoms with van der Waals surface area (Å²) >= 11 is 0. The fraction of sp³-hybridized carbons (Fsp3) is 0.160. The maximum Gasteiger partial charge on any atom is 0.282 e. The van der Waals surface area contributed by atoms with Gasteiger partial charge in [0.1, 0.15) is 11.6 Å². The summed E-state index contributed by atoms with van der Waals surface area (Å²) in [5.74, 6) is -2.12. The molecule has 4 rings (SSSR count). The Labute approximate surface area is 190 Å². The highest BCUT2D eigenvalue weighted by atomic mass is 16.6. The van der Waals surface area contributed by atoms with Crippen LogP contribution in [0.3, 0.4) is 0 Å². The van der Waals surface area contributed by atoms with E-state index in [-0.39, 0.29) is 17.5 Å². The molecule has 1 unspecified atom stereocenters. The molecule has 1 N–H and O–H groups in total. The monoisotopic (exact) mass is 443 g/mol. The van der Waals surface area contributed by atoms with Crippen molar-refractivity contribution in [3.8, 4) is 0 Å². The summed E-state index contributed by atoms with van der Waals surface area (Å²) in [6.45, 7) is 3.69. The molecule has 166 valence electrons. The molecule has 0 aromatic heterocycles. The van der Waals surface area contributed by atoms with Crippen molar-refractivity contribution in [2.45, 2.75) is 26.3 Å². The van der Waals surface area contributed by atoms with E-state index in [1.165, 1.54) is 18.2 Å². The first-order valence-electron chi connectivity index (χ1n) is 10.4. The quantitative estimate of drug-likeness (QED) is 0.351.